The van der Waals surface area contributed by atoms with Gasteiger partial charge in [-0.2, -0.15) is 0 Å². The number of carbonyl (C=O) groups excluding carboxylic acids is 1. The zero-order valence-electron chi connectivity index (χ0n) is 15.7. The molecular formula is C19H32N2O3. The van der Waals surface area contributed by atoms with Crippen molar-refractivity contribution in [2.24, 2.45) is 5.92 Å². The molecule has 0 aliphatic carbocycles. The number of nitrogens with two attached hydrogens (primary N) is 1. The third-order valence-electron chi connectivity index (χ3n) is 4.15. The van der Waals surface area contributed by atoms with Crippen LogP contribution in [0.1, 0.15) is 51.4 Å². The van der Waals surface area contributed by atoms with E-state index in [1.807, 2.05) is 6.92 Å². The maximum absolute atomic E-state index is 12.4. The molecule has 0 aromatic heterocycles. The molecule has 2 N–H and O–H groups in total. The van der Waals surface area contributed by atoms with E-state index < -0.39 is 0 Å². The number of ether oxygens (including phenoxy) is 2. The molecular weight excluding hydrogens is 304 g/mol. The van der Waals surface area contributed by atoms with Crippen LogP contribution in [0, 0.1) is 5.92 Å². The lowest BCUT2D eigenvalue weighted by Crippen LogP contribution is -2.42. The lowest BCUT2D eigenvalue weighted by Gasteiger charge is -2.32. The summed E-state index contributed by atoms with van der Waals surface area (Å²) >= 11 is 0. The Morgan fingerprint density at radius 2 is 1.88 bits per heavy atom. The molecule has 0 radical (unpaired) electrons. The highest BCUT2D eigenvalue weighted by atomic mass is 16.5. The summed E-state index contributed by atoms with van der Waals surface area (Å²) in [6.45, 7) is 13.4. The first kappa shape index (κ1) is 20.3. The standard InChI is InChI=1S/C19H32N2O3/c1-6-11-23-18-12-15(9-10-16(18)20)19(22)24-13-17(14(4)5)21(7-2)8-3/h9-10,12,14,17H,6-8,11,13,20H2,1-5H3. The second kappa shape index (κ2) is 10.2. The average Bonchev–Trinajstić information content (AvgIpc) is 2.57. The van der Waals surface area contributed by atoms with Gasteiger partial charge in [0.1, 0.15) is 12.4 Å². The second-order valence-corrected chi connectivity index (χ2v) is 6.23. The highest BCUT2D eigenvalue weighted by Crippen LogP contribution is 2.23. The molecule has 1 atom stereocenters. The molecule has 1 rings (SSSR count). The summed E-state index contributed by atoms with van der Waals surface area (Å²) in [5.41, 5.74) is 6.88. The maximum Gasteiger partial charge on any atom is 0.338 e. The van der Waals surface area contributed by atoms with Crippen LogP contribution in [0.15, 0.2) is 18.2 Å². The van der Waals surface area contributed by atoms with Gasteiger partial charge in [0.25, 0.3) is 0 Å². The van der Waals surface area contributed by atoms with E-state index in [1.54, 1.807) is 18.2 Å². The van der Waals surface area contributed by atoms with Gasteiger partial charge in [0, 0.05) is 6.04 Å². The SMILES string of the molecule is CCCOc1cc(C(=O)OCC(C(C)C)N(CC)CC)ccc1N. The molecule has 1 aromatic rings. The number of nitrogens with zero attached hydrogens (tertiary/aromatic N) is 1. The highest BCUT2D eigenvalue weighted by Gasteiger charge is 2.22. The number of hydrogen-bond donors (Lipinski definition) is 1. The van der Waals surface area contributed by atoms with E-state index >= 15 is 0 Å². The van der Waals surface area contributed by atoms with Gasteiger partial charge in [-0.1, -0.05) is 34.6 Å². The first-order valence-corrected chi connectivity index (χ1v) is 8.87. The van der Waals surface area contributed by atoms with Gasteiger partial charge in [-0.15, -0.1) is 0 Å². The third-order valence-corrected chi connectivity index (χ3v) is 4.15. The van der Waals surface area contributed by atoms with Crippen LogP contribution >= 0.6 is 0 Å². The van der Waals surface area contributed by atoms with E-state index in [4.69, 9.17) is 15.2 Å². The Kier molecular flexibility index (Phi) is 8.61. The van der Waals surface area contributed by atoms with Crippen molar-refractivity contribution in [1.82, 2.24) is 4.90 Å². The predicted molar refractivity (Wildman–Crippen MR) is 98.5 cm³/mol. The van der Waals surface area contributed by atoms with Crippen molar-refractivity contribution in [2.75, 3.05) is 32.0 Å². The van der Waals surface area contributed by atoms with Crippen molar-refractivity contribution >= 4 is 11.7 Å². The largest absolute Gasteiger partial charge is 0.491 e. The van der Waals surface area contributed by atoms with Crippen LogP contribution in [-0.2, 0) is 4.74 Å². The van der Waals surface area contributed by atoms with Crippen molar-refractivity contribution < 1.29 is 14.3 Å². The van der Waals surface area contributed by atoms with Crippen LogP contribution in [0.25, 0.3) is 0 Å². The number of carbonyl (C=O) groups is 1. The first-order valence-electron chi connectivity index (χ1n) is 8.87. The maximum atomic E-state index is 12.4. The smallest absolute Gasteiger partial charge is 0.338 e. The van der Waals surface area contributed by atoms with E-state index in [-0.39, 0.29) is 12.0 Å². The second-order valence-electron chi connectivity index (χ2n) is 6.23. The van der Waals surface area contributed by atoms with Gasteiger partial charge in [0.2, 0.25) is 0 Å². The van der Waals surface area contributed by atoms with Crippen LogP contribution in [0.4, 0.5) is 5.69 Å². The van der Waals surface area contributed by atoms with Crippen LogP contribution < -0.4 is 10.5 Å². The lowest BCUT2D eigenvalue weighted by molar-refractivity contribution is 0.0290. The molecule has 0 fully saturated rings. The minimum Gasteiger partial charge on any atom is -0.491 e. The van der Waals surface area contributed by atoms with Crippen molar-refractivity contribution in [3.05, 3.63) is 23.8 Å². The number of likely N-dealkylation sites (N-methyl/N-ethyl adjacent to an activating group) is 1. The van der Waals surface area contributed by atoms with E-state index in [1.165, 1.54) is 0 Å². The summed E-state index contributed by atoms with van der Waals surface area (Å²) in [6, 6.07) is 5.24. The van der Waals surface area contributed by atoms with Crippen LogP contribution in [0.2, 0.25) is 0 Å². The van der Waals surface area contributed by atoms with E-state index in [2.05, 4.69) is 32.6 Å². The summed E-state index contributed by atoms with van der Waals surface area (Å²) in [6.07, 6.45) is 0.883. The van der Waals surface area contributed by atoms with Gasteiger partial charge >= 0.3 is 5.97 Å². The number of benzene rings is 1. The molecule has 5 heteroatoms. The first-order chi connectivity index (χ1) is 11.4. The molecule has 1 unspecified atom stereocenters. The number of anilines is 1. The molecule has 0 aliphatic heterocycles. The Hall–Kier alpha value is -1.75. The summed E-state index contributed by atoms with van der Waals surface area (Å²) in [4.78, 5) is 14.7. The highest BCUT2D eigenvalue weighted by molar-refractivity contribution is 5.90. The molecule has 24 heavy (non-hydrogen) atoms. The third kappa shape index (κ3) is 5.71. The zero-order valence-corrected chi connectivity index (χ0v) is 15.7. The molecule has 1 aromatic carbocycles. The quantitative estimate of drug-likeness (QED) is 0.522. The lowest BCUT2D eigenvalue weighted by atomic mass is 10.0. The van der Waals surface area contributed by atoms with Crippen LogP contribution in [0.3, 0.4) is 0 Å². The summed E-state index contributed by atoms with van der Waals surface area (Å²) in [5.74, 6) is 0.608. The number of esters is 1. The van der Waals surface area contributed by atoms with Gasteiger partial charge in [0.15, 0.2) is 0 Å². The minimum absolute atomic E-state index is 0.216. The van der Waals surface area contributed by atoms with Gasteiger partial charge in [0.05, 0.1) is 17.9 Å². The normalized spacial score (nSPS) is 12.5. The zero-order chi connectivity index (χ0) is 18.1. The van der Waals surface area contributed by atoms with Crippen LogP contribution in [0.5, 0.6) is 5.75 Å². The Bertz CT molecular complexity index is 513. The molecule has 0 heterocycles. The molecule has 0 amide bonds. The van der Waals surface area contributed by atoms with Crippen molar-refractivity contribution in [3.63, 3.8) is 0 Å². The Balaban J connectivity index is 2.76. The summed E-state index contributed by atoms with van der Waals surface area (Å²) < 4.78 is 11.1. The Labute approximate surface area is 146 Å². The minimum atomic E-state index is -0.339. The number of rotatable bonds is 10. The fourth-order valence-corrected chi connectivity index (χ4v) is 2.65. The van der Waals surface area contributed by atoms with Crippen molar-refractivity contribution in [3.8, 4) is 5.75 Å². The number of nitrogen functional groups attached to an aromatic ring is 1. The Morgan fingerprint density at radius 1 is 1.21 bits per heavy atom. The van der Waals surface area contributed by atoms with E-state index in [0.717, 1.165) is 19.5 Å². The number of hydrogen-bond acceptors (Lipinski definition) is 5. The van der Waals surface area contributed by atoms with Gasteiger partial charge in [-0.05, 0) is 43.6 Å². The molecule has 0 saturated carbocycles. The van der Waals surface area contributed by atoms with Crippen LogP contribution in [-0.4, -0.2) is 43.2 Å². The van der Waals surface area contributed by atoms with Gasteiger partial charge < -0.3 is 15.2 Å². The predicted octanol–water partition coefficient (Wildman–Crippen LogP) is 3.58. The Morgan fingerprint density at radius 3 is 2.42 bits per heavy atom. The fourth-order valence-electron chi connectivity index (χ4n) is 2.65. The van der Waals surface area contributed by atoms with E-state index in [9.17, 15) is 4.79 Å². The fraction of sp³-hybridized carbons (Fsp3) is 0.632. The molecule has 136 valence electrons. The molecule has 0 spiro atoms. The van der Waals surface area contributed by atoms with Gasteiger partial charge in [-0.3, -0.25) is 4.90 Å². The topological polar surface area (TPSA) is 64.8 Å². The van der Waals surface area contributed by atoms with Crippen molar-refractivity contribution in [2.45, 2.75) is 47.1 Å². The summed E-state index contributed by atoms with van der Waals surface area (Å²) in [5, 5.41) is 0. The molecule has 0 bridgehead atoms. The van der Waals surface area contributed by atoms with Gasteiger partial charge in [-0.25, -0.2) is 4.79 Å². The van der Waals surface area contributed by atoms with E-state index in [0.29, 0.717) is 36.1 Å². The molecule has 0 aliphatic rings. The average molecular weight is 336 g/mol. The molecule has 0 saturated heterocycles. The molecule has 5 nitrogen and oxygen atoms in total. The monoisotopic (exact) mass is 336 g/mol. The van der Waals surface area contributed by atoms with Crippen molar-refractivity contribution in [1.29, 1.82) is 0 Å². The summed E-state index contributed by atoms with van der Waals surface area (Å²) in [7, 11) is 0.